The first kappa shape index (κ1) is 18.2. The molecule has 0 atom stereocenters. The molecule has 7 nitrogen and oxygen atoms in total. The lowest BCUT2D eigenvalue weighted by Gasteiger charge is -2.24. The number of H-pyrrole nitrogens is 1. The number of aromatic amines is 1. The summed E-state index contributed by atoms with van der Waals surface area (Å²) in [7, 11) is 0. The number of amides is 1. The van der Waals surface area contributed by atoms with Crippen molar-refractivity contribution in [2.24, 2.45) is 0 Å². The molecule has 3 heterocycles. The predicted molar refractivity (Wildman–Crippen MR) is 104 cm³/mol. The Hall–Kier alpha value is -3.22. The second-order valence-corrected chi connectivity index (χ2v) is 7.88. The monoisotopic (exact) mass is 377 g/mol. The standard InChI is InChI=1S/C21H23N5O2/c1-21(2,3)28-20(27)26-12-15-17(13-26)23-18(11-14-7-5-4-6-8-14)24-19(15)16-9-10-22-25-16/h4-10H,11-13H2,1-3H3,(H,22,25). The van der Waals surface area contributed by atoms with Crippen LogP contribution in [0.2, 0.25) is 0 Å². The summed E-state index contributed by atoms with van der Waals surface area (Å²) in [4.78, 5) is 23.7. The smallest absolute Gasteiger partial charge is 0.410 e. The summed E-state index contributed by atoms with van der Waals surface area (Å²) >= 11 is 0. The third-order valence-electron chi connectivity index (χ3n) is 4.44. The van der Waals surface area contributed by atoms with E-state index in [0.29, 0.717) is 19.5 Å². The molecule has 0 fully saturated rings. The quantitative estimate of drug-likeness (QED) is 0.752. The number of benzene rings is 1. The SMILES string of the molecule is CC(C)(C)OC(=O)N1Cc2nc(Cc3ccccc3)nc(-c3ccn[nH]3)c2C1. The van der Waals surface area contributed by atoms with E-state index in [1.54, 1.807) is 11.1 Å². The maximum absolute atomic E-state index is 12.5. The predicted octanol–water partition coefficient (Wildman–Crippen LogP) is 3.71. The van der Waals surface area contributed by atoms with E-state index in [9.17, 15) is 4.79 Å². The number of fused-ring (bicyclic) bond motifs is 1. The number of hydrogen-bond donors (Lipinski definition) is 1. The Morgan fingerprint density at radius 2 is 1.93 bits per heavy atom. The van der Waals surface area contributed by atoms with Crippen LogP contribution in [0.5, 0.6) is 0 Å². The van der Waals surface area contributed by atoms with Crippen molar-refractivity contribution in [1.29, 1.82) is 0 Å². The molecule has 0 saturated heterocycles. The minimum absolute atomic E-state index is 0.342. The van der Waals surface area contributed by atoms with Gasteiger partial charge in [-0.15, -0.1) is 0 Å². The van der Waals surface area contributed by atoms with Gasteiger partial charge in [0.15, 0.2) is 0 Å². The lowest BCUT2D eigenvalue weighted by atomic mass is 10.1. The molecule has 28 heavy (non-hydrogen) atoms. The average molecular weight is 377 g/mol. The number of carbonyl (C=O) groups excluding carboxylic acids is 1. The van der Waals surface area contributed by atoms with Gasteiger partial charge in [0.05, 0.1) is 30.2 Å². The maximum Gasteiger partial charge on any atom is 0.410 e. The van der Waals surface area contributed by atoms with E-state index in [0.717, 1.165) is 34.0 Å². The molecule has 1 amide bonds. The first-order chi connectivity index (χ1) is 13.4. The molecule has 3 aromatic rings. The summed E-state index contributed by atoms with van der Waals surface area (Å²) in [6.45, 7) is 6.42. The number of aromatic nitrogens is 4. The molecule has 2 aromatic heterocycles. The molecule has 144 valence electrons. The normalized spacial score (nSPS) is 13.5. The van der Waals surface area contributed by atoms with Crippen LogP contribution in [0.1, 0.15) is 43.4 Å². The molecule has 1 aromatic carbocycles. The van der Waals surface area contributed by atoms with Gasteiger partial charge in [0.2, 0.25) is 0 Å². The number of carbonyl (C=O) groups is 1. The van der Waals surface area contributed by atoms with E-state index in [2.05, 4.69) is 22.3 Å². The summed E-state index contributed by atoms with van der Waals surface area (Å²) in [5, 5.41) is 7.03. The van der Waals surface area contributed by atoms with Gasteiger partial charge in [0.1, 0.15) is 11.4 Å². The van der Waals surface area contributed by atoms with Crippen molar-refractivity contribution in [3.05, 3.63) is 65.2 Å². The van der Waals surface area contributed by atoms with E-state index in [1.807, 2.05) is 45.0 Å². The van der Waals surface area contributed by atoms with Crippen molar-refractivity contribution in [2.45, 2.75) is 45.9 Å². The summed E-state index contributed by atoms with van der Waals surface area (Å²) < 4.78 is 5.53. The lowest BCUT2D eigenvalue weighted by molar-refractivity contribution is 0.0241. The van der Waals surface area contributed by atoms with Crippen LogP contribution >= 0.6 is 0 Å². The number of ether oxygens (including phenoxy) is 1. The molecule has 0 spiro atoms. The third kappa shape index (κ3) is 3.88. The largest absolute Gasteiger partial charge is 0.444 e. The molecule has 0 bridgehead atoms. The van der Waals surface area contributed by atoms with E-state index in [-0.39, 0.29) is 6.09 Å². The second-order valence-electron chi connectivity index (χ2n) is 7.88. The highest BCUT2D eigenvalue weighted by Gasteiger charge is 2.32. The topological polar surface area (TPSA) is 84.0 Å². The first-order valence-electron chi connectivity index (χ1n) is 9.29. The Labute approximate surface area is 163 Å². The zero-order chi connectivity index (χ0) is 19.7. The molecule has 0 saturated carbocycles. The molecule has 4 rings (SSSR count). The van der Waals surface area contributed by atoms with Crippen molar-refractivity contribution >= 4 is 6.09 Å². The van der Waals surface area contributed by atoms with Gasteiger partial charge in [-0.25, -0.2) is 14.8 Å². The minimum Gasteiger partial charge on any atom is -0.444 e. The Balaban J connectivity index is 1.67. The summed E-state index contributed by atoms with van der Waals surface area (Å²) in [6.07, 6.45) is 1.98. The van der Waals surface area contributed by atoms with Gasteiger partial charge >= 0.3 is 6.09 Å². The van der Waals surface area contributed by atoms with Gasteiger partial charge in [-0.05, 0) is 32.4 Å². The summed E-state index contributed by atoms with van der Waals surface area (Å²) in [5.41, 5.74) is 4.00. The Kier molecular flexibility index (Phi) is 4.58. The fraction of sp³-hybridized carbons (Fsp3) is 0.333. The molecule has 1 aliphatic heterocycles. The van der Waals surface area contributed by atoms with Crippen LogP contribution < -0.4 is 0 Å². The fourth-order valence-electron chi connectivity index (χ4n) is 3.23. The van der Waals surface area contributed by atoms with Crippen LogP contribution in [-0.4, -0.2) is 36.8 Å². The van der Waals surface area contributed by atoms with Gasteiger partial charge in [-0.1, -0.05) is 30.3 Å². The van der Waals surface area contributed by atoms with Gasteiger partial charge in [0.25, 0.3) is 0 Å². The Morgan fingerprint density at radius 3 is 2.61 bits per heavy atom. The van der Waals surface area contributed by atoms with Crippen LogP contribution in [0.4, 0.5) is 4.79 Å². The van der Waals surface area contributed by atoms with E-state index < -0.39 is 5.60 Å². The van der Waals surface area contributed by atoms with Crippen LogP contribution in [0.25, 0.3) is 11.4 Å². The maximum atomic E-state index is 12.5. The number of rotatable bonds is 3. The van der Waals surface area contributed by atoms with Crippen LogP contribution in [-0.2, 0) is 24.2 Å². The second kappa shape index (κ2) is 7.07. The minimum atomic E-state index is -0.539. The van der Waals surface area contributed by atoms with E-state index in [1.165, 1.54) is 0 Å². The van der Waals surface area contributed by atoms with Crippen LogP contribution in [0.3, 0.4) is 0 Å². The molecule has 1 aliphatic rings. The lowest BCUT2D eigenvalue weighted by Crippen LogP contribution is -2.33. The molecule has 0 radical (unpaired) electrons. The van der Waals surface area contributed by atoms with E-state index >= 15 is 0 Å². The molecule has 0 unspecified atom stereocenters. The molecular weight excluding hydrogens is 354 g/mol. The van der Waals surface area contributed by atoms with Gasteiger partial charge in [0, 0.05) is 18.2 Å². The average Bonchev–Trinajstić information content (AvgIpc) is 3.30. The van der Waals surface area contributed by atoms with Crippen LogP contribution in [0, 0.1) is 0 Å². The van der Waals surface area contributed by atoms with Crippen molar-refractivity contribution < 1.29 is 9.53 Å². The van der Waals surface area contributed by atoms with Crippen molar-refractivity contribution in [1.82, 2.24) is 25.1 Å². The molecule has 0 aliphatic carbocycles. The Bertz CT molecular complexity index is 978. The van der Waals surface area contributed by atoms with Gasteiger partial charge in [-0.3, -0.25) is 10.00 Å². The molecular formula is C21H23N5O2. The highest BCUT2D eigenvalue weighted by atomic mass is 16.6. The number of hydrogen-bond acceptors (Lipinski definition) is 5. The first-order valence-corrected chi connectivity index (χ1v) is 9.29. The van der Waals surface area contributed by atoms with Crippen LogP contribution in [0.15, 0.2) is 42.6 Å². The van der Waals surface area contributed by atoms with Crippen molar-refractivity contribution in [3.63, 3.8) is 0 Å². The fourth-order valence-corrected chi connectivity index (χ4v) is 3.23. The van der Waals surface area contributed by atoms with E-state index in [4.69, 9.17) is 14.7 Å². The zero-order valence-electron chi connectivity index (χ0n) is 16.3. The number of nitrogens with one attached hydrogen (secondary N) is 1. The Morgan fingerprint density at radius 1 is 1.14 bits per heavy atom. The van der Waals surface area contributed by atoms with Gasteiger partial charge in [-0.2, -0.15) is 5.10 Å². The molecule has 7 heteroatoms. The highest BCUT2D eigenvalue weighted by molar-refractivity contribution is 5.71. The summed E-state index contributed by atoms with van der Waals surface area (Å²) in [5.74, 6) is 0.723. The zero-order valence-corrected chi connectivity index (χ0v) is 16.3. The highest BCUT2D eigenvalue weighted by Crippen LogP contribution is 2.30. The number of nitrogens with zero attached hydrogens (tertiary/aromatic N) is 4. The molecule has 1 N–H and O–H groups in total. The third-order valence-corrected chi connectivity index (χ3v) is 4.44. The van der Waals surface area contributed by atoms with Crippen molar-refractivity contribution in [3.8, 4) is 11.4 Å². The summed E-state index contributed by atoms with van der Waals surface area (Å²) in [6, 6.07) is 12.0. The van der Waals surface area contributed by atoms with Crippen molar-refractivity contribution in [2.75, 3.05) is 0 Å². The van der Waals surface area contributed by atoms with Gasteiger partial charge < -0.3 is 4.74 Å².